The van der Waals surface area contributed by atoms with Crippen molar-refractivity contribution < 1.29 is 9.59 Å². The summed E-state index contributed by atoms with van der Waals surface area (Å²) in [4.78, 5) is 24.0. The third-order valence-corrected chi connectivity index (χ3v) is 7.05. The Morgan fingerprint density at radius 3 is 1.87 bits per heavy atom. The van der Waals surface area contributed by atoms with Crippen molar-refractivity contribution in [3.05, 3.63) is 0 Å². The predicted octanol–water partition coefficient (Wildman–Crippen LogP) is 3.40. The minimum Gasteiger partial charge on any atom is -0.335 e. The van der Waals surface area contributed by atoms with Gasteiger partial charge >= 0.3 is 6.03 Å². The van der Waals surface area contributed by atoms with E-state index in [0.29, 0.717) is 5.78 Å². The van der Waals surface area contributed by atoms with E-state index in [1.54, 1.807) is 6.92 Å². The van der Waals surface area contributed by atoms with Crippen molar-refractivity contribution in [2.75, 3.05) is 0 Å². The zero-order valence-corrected chi connectivity index (χ0v) is 14.3. The molecular formula is C19H30N2O2. The van der Waals surface area contributed by atoms with Gasteiger partial charge < -0.3 is 10.6 Å². The second-order valence-electron chi connectivity index (χ2n) is 8.96. The number of amides is 2. The van der Waals surface area contributed by atoms with Crippen molar-refractivity contribution >= 4 is 11.8 Å². The first kappa shape index (κ1) is 15.5. The number of hydrogen-bond acceptors (Lipinski definition) is 2. The molecule has 4 nitrogen and oxygen atoms in total. The first-order valence-corrected chi connectivity index (χ1v) is 9.60. The van der Waals surface area contributed by atoms with Crippen molar-refractivity contribution in [3.63, 3.8) is 0 Å². The van der Waals surface area contributed by atoms with Gasteiger partial charge in [0.1, 0.15) is 5.78 Å². The topological polar surface area (TPSA) is 58.2 Å². The molecule has 2 N–H and O–H groups in total. The number of carbonyl (C=O) groups excluding carboxylic acids is 2. The third-order valence-electron chi connectivity index (χ3n) is 7.05. The van der Waals surface area contributed by atoms with Crippen LogP contribution in [0.15, 0.2) is 0 Å². The van der Waals surface area contributed by atoms with Crippen LogP contribution in [0.1, 0.15) is 71.1 Å². The summed E-state index contributed by atoms with van der Waals surface area (Å²) in [6.07, 6.45) is 11.5. The van der Waals surface area contributed by atoms with Gasteiger partial charge in [-0.2, -0.15) is 0 Å². The van der Waals surface area contributed by atoms with Gasteiger partial charge in [-0.1, -0.05) is 0 Å². The highest BCUT2D eigenvalue weighted by atomic mass is 16.2. The minimum absolute atomic E-state index is 0.0400. The van der Waals surface area contributed by atoms with Gasteiger partial charge in [-0.15, -0.1) is 0 Å². The van der Waals surface area contributed by atoms with Crippen LogP contribution in [-0.4, -0.2) is 23.4 Å². The molecule has 5 saturated carbocycles. The number of rotatable bonds is 3. The quantitative estimate of drug-likeness (QED) is 0.838. The fourth-order valence-electron chi connectivity index (χ4n) is 6.37. The van der Waals surface area contributed by atoms with Crippen LogP contribution in [0.4, 0.5) is 4.79 Å². The Labute approximate surface area is 139 Å². The Hall–Kier alpha value is -1.06. The maximum Gasteiger partial charge on any atom is 0.315 e. The Morgan fingerprint density at radius 2 is 1.39 bits per heavy atom. The molecule has 0 aliphatic heterocycles. The highest BCUT2D eigenvalue weighted by molar-refractivity contribution is 5.78. The van der Waals surface area contributed by atoms with Crippen LogP contribution in [0.3, 0.4) is 0 Å². The average molecular weight is 318 g/mol. The lowest BCUT2D eigenvalue weighted by atomic mass is 9.53. The van der Waals surface area contributed by atoms with E-state index in [-0.39, 0.29) is 23.5 Å². The van der Waals surface area contributed by atoms with Gasteiger partial charge in [-0.3, -0.25) is 4.79 Å². The summed E-state index contributed by atoms with van der Waals surface area (Å²) in [6.45, 7) is 1.69. The van der Waals surface area contributed by atoms with Crippen LogP contribution in [0.2, 0.25) is 0 Å². The van der Waals surface area contributed by atoms with E-state index in [4.69, 9.17) is 0 Å². The third kappa shape index (κ3) is 3.14. The number of urea groups is 1. The number of Topliss-reactive ketones (excluding diaryl/α,β-unsaturated/α-hetero) is 1. The van der Waals surface area contributed by atoms with Crippen molar-refractivity contribution in [3.8, 4) is 0 Å². The lowest BCUT2D eigenvalue weighted by Crippen LogP contribution is -2.62. The van der Waals surface area contributed by atoms with E-state index < -0.39 is 0 Å². The molecule has 5 aliphatic rings. The highest BCUT2D eigenvalue weighted by Gasteiger charge is 2.51. The Kier molecular flexibility index (Phi) is 3.89. The zero-order valence-electron chi connectivity index (χ0n) is 14.3. The molecule has 0 radical (unpaired) electrons. The second kappa shape index (κ2) is 5.78. The monoisotopic (exact) mass is 318 g/mol. The van der Waals surface area contributed by atoms with E-state index in [0.717, 1.165) is 43.4 Å². The molecule has 4 heteroatoms. The summed E-state index contributed by atoms with van der Waals surface area (Å²) in [7, 11) is 0. The van der Waals surface area contributed by atoms with Gasteiger partial charge in [0.05, 0.1) is 0 Å². The highest BCUT2D eigenvalue weighted by Crippen LogP contribution is 2.55. The Balaban J connectivity index is 1.30. The van der Waals surface area contributed by atoms with Crippen molar-refractivity contribution in [1.29, 1.82) is 0 Å². The van der Waals surface area contributed by atoms with Gasteiger partial charge in [0.2, 0.25) is 0 Å². The maximum absolute atomic E-state index is 12.5. The zero-order chi connectivity index (χ0) is 16.0. The Bertz CT molecular complexity index is 458. The maximum atomic E-state index is 12.5. The number of ketones is 1. The normalized spacial score (nSPS) is 44.8. The molecule has 23 heavy (non-hydrogen) atoms. The summed E-state index contributed by atoms with van der Waals surface area (Å²) in [5.41, 5.74) is 0.0927. The molecule has 0 aromatic rings. The molecule has 0 aromatic carbocycles. The standard InChI is InChI=1S/C19H30N2O2/c1-12(22)16-2-4-17(5-3-16)20-18(23)21-19-9-13-6-14(10-19)8-15(7-13)11-19/h13-17H,2-11H2,1H3,(H2,20,21,23). The smallest absolute Gasteiger partial charge is 0.315 e. The van der Waals surface area contributed by atoms with Crippen LogP contribution in [-0.2, 0) is 4.79 Å². The Morgan fingerprint density at radius 1 is 0.870 bits per heavy atom. The van der Waals surface area contributed by atoms with E-state index in [9.17, 15) is 9.59 Å². The van der Waals surface area contributed by atoms with Crippen molar-refractivity contribution in [1.82, 2.24) is 10.6 Å². The predicted molar refractivity (Wildman–Crippen MR) is 89.0 cm³/mol. The molecule has 0 aromatic heterocycles. The van der Waals surface area contributed by atoms with E-state index in [1.807, 2.05) is 0 Å². The number of carbonyl (C=O) groups is 2. The molecular weight excluding hydrogens is 288 g/mol. The fraction of sp³-hybridized carbons (Fsp3) is 0.895. The number of hydrogen-bond donors (Lipinski definition) is 2. The van der Waals surface area contributed by atoms with Crippen LogP contribution in [0, 0.1) is 23.7 Å². The summed E-state index contributed by atoms with van der Waals surface area (Å²) in [6, 6.07) is 0.290. The first-order valence-electron chi connectivity index (χ1n) is 9.60. The fourth-order valence-corrected chi connectivity index (χ4v) is 6.37. The largest absolute Gasteiger partial charge is 0.335 e. The second-order valence-corrected chi connectivity index (χ2v) is 8.96. The molecule has 128 valence electrons. The molecule has 0 unspecified atom stereocenters. The molecule has 5 aliphatic carbocycles. The minimum atomic E-state index is 0.0400. The average Bonchev–Trinajstić information content (AvgIpc) is 2.45. The van der Waals surface area contributed by atoms with Gasteiger partial charge in [0.15, 0.2) is 0 Å². The summed E-state index contributed by atoms with van der Waals surface area (Å²) in [5, 5.41) is 6.58. The van der Waals surface area contributed by atoms with Crippen LogP contribution < -0.4 is 10.6 Å². The molecule has 5 fully saturated rings. The van der Waals surface area contributed by atoms with Gasteiger partial charge in [0, 0.05) is 17.5 Å². The van der Waals surface area contributed by atoms with Crippen LogP contribution in [0.25, 0.3) is 0 Å². The number of nitrogens with one attached hydrogen (secondary N) is 2. The molecule has 0 spiro atoms. The van der Waals surface area contributed by atoms with Gasteiger partial charge in [0.25, 0.3) is 0 Å². The van der Waals surface area contributed by atoms with Gasteiger partial charge in [-0.05, 0) is 88.9 Å². The lowest BCUT2D eigenvalue weighted by Gasteiger charge is -2.56. The van der Waals surface area contributed by atoms with Gasteiger partial charge in [-0.25, -0.2) is 4.79 Å². The summed E-state index contributed by atoms with van der Waals surface area (Å²) in [5.74, 6) is 3.09. The van der Waals surface area contributed by atoms with Crippen molar-refractivity contribution in [2.24, 2.45) is 23.7 Å². The molecule has 0 atom stereocenters. The molecule has 0 heterocycles. The molecule has 4 bridgehead atoms. The molecule has 0 saturated heterocycles. The van der Waals surface area contributed by atoms with E-state index >= 15 is 0 Å². The summed E-state index contributed by atoms with van der Waals surface area (Å²) >= 11 is 0. The van der Waals surface area contributed by atoms with Crippen LogP contribution >= 0.6 is 0 Å². The SMILES string of the molecule is CC(=O)C1CCC(NC(=O)NC23CC4CC(CC(C4)C2)C3)CC1. The van der Waals surface area contributed by atoms with Crippen LogP contribution in [0.5, 0.6) is 0 Å². The van der Waals surface area contributed by atoms with E-state index in [1.165, 1.54) is 38.5 Å². The lowest BCUT2D eigenvalue weighted by molar-refractivity contribution is -0.121. The van der Waals surface area contributed by atoms with Crippen molar-refractivity contribution in [2.45, 2.75) is 82.7 Å². The molecule has 2 amide bonds. The first-order chi connectivity index (χ1) is 11.0. The summed E-state index contributed by atoms with van der Waals surface area (Å²) < 4.78 is 0. The van der Waals surface area contributed by atoms with E-state index in [2.05, 4.69) is 10.6 Å². The molecule has 5 rings (SSSR count).